The topological polar surface area (TPSA) is 95.9 Å². The molecule has 0 aromatic carbocycles. The van der Waals surface area contributed by atoms with Crippen molar-refractivity contribution in [1.29, 1.82) is 0 Å². The van der Waals surface area contributed by atoms with Crippen molar-refractivity contribution in [1.82, 2.24) is 5.32 Å². The number of aliphatic hydroxyl groups is 2. The van der Waals surface area contributed by atoms with Crippen molar-refractivity contribution in [2.45, 2.75) is 289 Å². The third kappa shape index (κ3) is 42.3. The van der Waals surface area contributed by atoms with Crippen LogP contribution in [0.4, 0.5) is 0 Å². The molecule has 2 atom stereocenters. The Bertz CT molecular complexity index is 776. The van der Waals surface area contributed by atoms with Gasteiger partial charge in [-0.05, 0) is 25.7 Å². The summed E-state index contributed by atoms with van der Waals surface area (Å²) in [5.41, 5.74) is 0. The highest BCUT2D eigenvalue weighted by atomic mass is 16.5. The number of nitrogens with one attached hydrogen (secondary N) is 1. The molecule has 3 N–H and O–H groups in total. The second kappa shape index (κ2) is 45.6. The van der Waals surface area contributed by atoms with Crippen molar-refractivity contribution in [2.24, 2.45) is 0 Å². The molecule has 0 spiro atoms. The van der Waals surface area contributed by atoms with Crippen LogP contribution in [0.2, 0.25) is 0 Å². The maximum Gasteiger partial charge on any atom is 0.305 e. The molecule has 6 nitrogen and oxygen atoms in total. The van der Waals surface area contributed by atoms with Crippen LogP contribution in [0.3, 0.4) is 0 Å². The average Bonchev–Trinajstić information content (AvgIpc) is 3.18. The molecule has 2 unspecified atom stereocenters. The Hall–Kier alpha value is -1.14. The maximum absolute atomic E-state index is 12.4. The number of hydrogen-bond donors (Lipinski definition) is 3. The zero-order chi connectivity index (χ0) is 40.1. The Labute approximate surface area is 343 Å². The summed E-state index contributed by atoms with van der Waals surface area (Å²) in [7, 11) is 0. The lowest BCUT2D eigenvalue weighted by Crippen LogP contribution is -2.45. The first kappa shape index (κ1) is 53.9. The van der Waals surface area contributed by atoms with E-state index in [2.05, 4.69) is 19.2 Å². The molecule has 0 saturated carbocycles. The molecule has 0 rings (SSSR count). The molecule has 0 fully saturated rings. The van der Waals surface area contributed by atoms with Crippen LogP contribution in [0.15, 0.2) is 0 Å². The van der Waals surface area contributed by atoms with Gasteiger partial charge in [-0.25, -0.2) is 0 Å². The van der Waals surface area contributed by atoms with E-state index < -0.39 is 12.1 Å². The fraction of sp³-hybridized carbons (Fsp3) is 0.959. The number of rotatable bonds is 46. The summed E-state index contributed by atoms with van der Waals surface area (Å²) in [6, 6.07) is -0.553. The molecular formula is C49H97NO5. The van der Waals surface area contributed by atoms with E-state index in [1.165, 1.54) is 186 Å². The van der Waals surface area contributed by atoms with Crippen LogP contribution >= 0.6 is 0 Å². The molecular weight excluding hydrogens is 683 g/mol. The number of amides is 1. The highest BCUT2D eigenvalue weighted by Crippen LogP contribution is 2.17. The summed E-state index contributed by atoms with van der Waals surface area (Å²) in [5.74, 6) is -0.0643. The molecule has 0 radical (unpaired) electrons. The van der Waals surface area contributed by atoms with Gasteiger partial charge in [0.05, 0.1) is 25.4 Å². The molecule has 0 aliphatic heterocycles. The summed E-state index contributed by atoms with van der Waals surface area (Å²) >= 11 is 0. The minimum Gasteiger partial charge on any atom is -0.466 e. The SMILES string of the molecule is CCCCCCCCCCCCCCCCCC(O)C(CO)NC(=O)CCCCCCCCCCCCCOC(=O)CCCCCCCCCCCCCC. The van der Waals surface area contributed by atoms with Gasteiger partial charge in [-0.15, -0.1) is 0 Å². The lowest BCUT2D eigenvalue weighted by molar-refractivity contribution is -0.143. The first-order chi connectivity index (χ1) is 27.0. The molecule has 1 amide bonds. The third-order valence-corrected chi connectivity index (χ3v) is 11.7. The molecule has 0 aromatic heterocycles. The number of unbranched alkanes of at least 4 members (excludes halogenated alkanes) is 35. The highest BCUT2D eigenvalue weighted by Gasteiger charge is 2.20. The number of esters is 1. The standard InChI is InChI=1S/C49H97NO5/c1-3-5-7-9-11-13-15-17-18-19-21-25-29-33-37-41-47(52)46(45-51)50-48(53)42-38-34-30-26-22-20-24-28-32-36-40-44-55-49(54)43-39-35-31-27-23-16-14-12-10-8-6-4-2/h46-47,51-52H,3-45H2,1-2H3,(H,50,53). The Kier molecular flexibility index (Phi) is 44.6. The van der Waals surface area contributed by atoms with Crippen molar-refractivity contribution in [2.75, 3.05) is 13.2 Å². The summed E-state index contributed by atoms with van der Waals surface area (Å²) in [5, 5.41) is 23.2. The predicted molar refractivity (Wildman–Crippen MR) is 237 cm³/mol. The number of carbonyl (C=O) groups is 2. The molecule has 0 aromatic rings. The third-order valence-electron chi connectivity index (χ3n) is 11.7. The quantitative estimate of drug-likeness (QED) is 0.0422. The van der Waals surface area contributed by atoms with E-state index in [0.717, 1.165) is 57.8 Å². The Balaban J connectivity index is 3.47. The van der Waals surface area contributed by atoms with Gasteiger partial charge in [-0.1, -0.05) is 239 Å². The number of carbonyl (C=O) groups excluding carboxylic acids is 2. The zero-order valence-electron chi connectivity index (χ0n) is 37.2. The lowest BCUT2D eigenvalue weighted by Gasteiger charge is -2.22. The van der Waals surface area contributed by atoms with E-state index in [9.17, 15) is 19.8 Å². The van der Waals surface area contributed by atoms with Crippen LogP contribution in [-0.2, 0) is 14.3 Å². The average molecular weight is 780 g/mol. The van der Waals surface area contributed by atoms with Crippen LogP contribution in [0.5, 0.6) is 0 Å². The van der Waals surface area contributed by atoms with Gasteiger partial charge in [0.15, 0.2) is 0 Å². The molecule has 0 aliphatic rings. The summed E-state index contributed by atoms with van der Waals surface area (Å²) in [6.45, 7) is 4.92. The molecule has 0 bridgehead atoms. The summed E-state index contributed by atoms with van der Waals surface area (Å²) < 4.78 is 5.44. The fourth-order valence-electron chi connectivity index (χ4n) is 7.82. The van der Waals surface area contributed by atoms with Crippen LogP contribution in [0.25, 0.3) is 0 Å². The molecule has 0 aliphatic carbocycles. The predicted octanol–water partition coefficient (Wildman–Crippen LogP) is 14.4. The second-order valence-corrected chi connectivity index (χ2v) is 17.2. The normalized spacial score (nSPS) is 12.6. The number of hydrogen-bond acceptors (Lipinski definition) is 5. The van der Waals surface area contributed by atoms with Gasteiger partial charge in [-0.2, -0.15) is 0 Å². The van der Waals surface area contributed by atoms with Crippen LogP contribution < -0.4 is 5.32 Å². The van der Waals surface area contributed by atoms with E-state index >= 15 is 0 Å². The molecule has 0 saturated heterocycles. The smallest absolute Gasteiger partial charge is 0.305 e. The van der Waals surface area contributed by atoms with Crippen LogP contribution in [0.1, 0.15) is 277 Å². The zero-order valence-corrected chi connectivity index (χ0v) is 37.2. The Morgan fingerprint density at radius 3 is 1.11 bits per heavy atom. The molecule has 0 heterocycles. The van der Waals surface area contributed by atoms with Crippen molar-refractivity contribution < 1.29 is 24.5 Å². The van der Waals surface area contributed by atoms with Crippen molar-refractivity contribution in [3.05, 3.63) is 0 Å². The largest absolute Gasteiger partial charge is 0.466 e. The number of ether oxygens (including phenoxy) is 1. The van der Waals surface area contributed by atoms with E-state index in [0.29, 0.717) is 25.9 Å². The minimum absolute atomic E-state index is 0.0124. The molecule has 6 heteroatoms. The van der Waals surface area contributed by atoms with Gasteiger partial charge in [0.25, 0.3) is 0 Å². The van der Waals surface area contributed by atoms with E-state index in [1.54, 1.807) is 0 Å². The molecule has 55 heavy (non-hydrogen) atoms. The van der Waals surface area contributed by atoms with Gasteiger partial charge < -0.3 is 20.3 Å². The van der Waals surface area contributed by atoms with Gasteiger partial charge in [-0.3, -0.25) is 9.59 Å². The highest BCUT2D eigenvalue weighted by molar-refractivity contribution is 5.76. The summed E-state index contributed by atoms with van der Waals surface area (Å²) in [6.07, 6.45) is 49.1. The van der Waals surface area contributed by atoms with Crippen molar-refractivity contribution in [3.63, 3.8) is 0 Å². The van der Waals surface area contributed by atoms with Crippen LogP contribution in [0, 0.1) is 0 Å². The van der Waals surface area contributed by atoms with Gasteiger partial charge in [0.2, 0.25) is 5.91 Å². The number of aliphatic hydroxyl groups excluding tert-OH is 2. The second-order valence-electron chi connectivity index (χ2n) is 17.2. The molecule has 328 valence electrons. The lowest BCUT2D eigenvalue weighted by atomic mass is 10.0. The first-order valence-electron chi connectivity index (χ1n) is 24.8. The minimum atomic E-state index is -0.674. The van der Waals surface area contributed by atoms with Crippen molar-refractivity contribution >= 4 is 11.9 Å². The Morgan fingerprint density at radius 2 is 0.745 bits per heavy atom. The van der Waals surface area contributed by atoms with Crippen LogP contribution in [-0.4, -0.2) is 47.4 Å². The Morgan fingerprint density at radius 1 is 0.436 bits per heavy atom. The van der Waals surface area contributed by atoms with Crippen molar-refractivity contribution in [3.8, 4) is 0 Å². The van der Waals surface area contributed by atoms with Gasteiger partial charge in [0.1, 0.15) is 0 Å². The maximum atomic E-state index is 12.4. The fourth-order valence-corrected chi connectivity index (χ4v) is 7.82. The monoisotopic (exact) mass is 780 g/mol. The first-order valence-corrected chi connectivity index (χ1v) is 24.8. The van der Waals surface area contributed by atoms with Gasteiger partial charge >= 0.3 is 5.97 Å². The van der Waals surface area contributed by atoms with Gasteiger partial charge in [0, 0.05) is 12.8 Å². The van der Waals surface area contributed by atoms with E-state index in [4.69, 9.17) is 4.74 Å². The van der Waals surface area contributed by atoms with E-state index in [-0.39, 0.29) is 18.5 Å². The van der Waals surface area contributed by atoms with E-state index in [1.807, 2.05) is 0 Å². The summed E-state index contributed by atoms with van der Waals surface area (Å²) in [4.78, 5) is 24.4.